The summed E-state index contributed by atoms with van der Waals surface area (Å²) >= 11 is 5.74. The summed E-state index contributed by atoms with van der Waals surface area (Å²) in [7, 11) is -3.35. The summed E-state index contributed by atoms with van der Waals surface area (Å²) in [5, 5.41) is 0.0155. The monoisotopic (exact) mass is 301 g/mol. The second-order valence-corrected chi connectivity index (χ2v) is 7.33. The Kier molecular flexibility index (Phi) is 4.16. The molecule has 0 spiro atoms. The van der Waals surface area contributed by atoms with Crippen molar-refractivity contribution >= 4 is 27.3 Å². The zero-order chi connectivity index (χ0) is 14.0. The van der Waals surface area contributed by atoms with Gasteiger partial charge in [-0.25, -0.2) is 8.42 Å². The van der Waals surface area contributed by atoms with Gasteiger partial charge in [0.15, 0.2) is 9.84 Å². The van der Waals surface area contributed by atoms with E-state index in [2.05, 4.69) is 0 Å². The van der Waals surface area contributed by atoms with Crippen LogP contribution in [0.2, 0.25) is 5.02 Å². The van der Waals surface area contributed by atoms with E-state index in [1.807, 2.05) is 6.92 Å². The molecule has 0 radical (unpaired) electrons. The number of hydrogen-bond donors (Lipinski definition) is 0. The van der Waals surface area contributed by atoms with Gasteiger partial charge in [0, 0.05) is 24.5 Å². The zero-order valence-corrected chi connectivity index (χ0v) is 12.2. The van der Waals surface area contributed by atoms with Gasteiger partial charge < -0.3 is 4.90 Å². The number of carbonyl (C=O) groups excluding carboxylic acids is 1. The number of nitrogens with zero attached hydrogens (tertiary/aromatic N) is 1. The Bertz CT molecular complexity index is 562. The second-order valence-electron chi connectivity index (χ2n) is 4.67. The lowest BCUT2D eigenvalue weighted by Gasteiger charge is -2.38. The van der Waals surface area contributed by atoms with Crippen LogP contribution in [0.3, 0.4) is 0 Å². The molecule has 0 bridgehead atoms. The predicted molar refractivity (Wildman–Crippen MR) is 73.9 cm³/mol. The van der Waals surface area contributed by atoms with Gasteiger partial charge in [-0.3, -0.25) is 4.79 Å². The summed E-state index contributed by atoms with van der Waals surface area (Å²) in [6, 6.07) is 6.14. The average Bonchev–Trinajstić information content (AvgIpc) is 2.27. The van der Waals surface area contributed by atoms with Crippen molar-refractivity contribution in [2.75, 3.05) is 13.1 Å². The fourth-order valence-electron chi connectivity index (χ4n) is 2.03. The molecule has 1 aliphatic rings. The highest BCUT2D eigenvalue weighted by Gasteiger charge is 2.39. The van der Waals surface area contributed by atoms with E-state index < -0.39 is 15.1 Å². The van der Waals surface area contributed by atoms with Crippen LogP contribution in [-0.2, 0) is 14.6 Å². The first kappa shape index (κ1) is 14.3. The van der Waals surface area contributed by atoms with Crippen molar-refractivity contribution in [2.45, 2.75) is 29.9 Å². The predicted octanol–water partition coefficient (Wildman–Crippen LogP) is 2.12. The number of benzene rings is 1. The number of carbonyl (C=O) groups is 1. The van der Waals surface area contributed by atoms with Gasteiger partial charge in [0.1, 0.15) is 5.25 Å². The molecule has 1 aromatic rings. The molecule has 1 heterocycles. The number of rotatable bonds is 4. The van der Waals surface area contributed by atoms with Crippen molar-refractivity contribution < 1.29 is 13.2 Å². The van der Waals surface area contributed by atoms with Crippen molar-refractivity contribution in [1.29, 1.82) is 0 Å². The Morgan fingerprint density at radius 1 is 1.32 bits per heavy atom. The van der Waals surface area contributed by atoms with Crippen molar-refractivity contribution in [3.63, 3.8) is 0 Å². The lowest BCUT2D eigenvalue weighted by Crippen LogP contribution is -2.56. The normalized spacial score (nSPS) is 16.2. The molecule has 1 amide bonds. The number of likely N-dealkylation sites (tertiary alicyclic amines) is 1. The van der Waals surface area contributed by atoms with E-state index in [9.17, 15) is 13.2 Å². The SMILES string of the molecule is CCCC(=O)N1CC(S(=O)(=O)c2ccc(Cl)cc2)C1. The molecule has 0 saturated carbocycles. The van der Waals surface area contributed by atoms with Crippen LogP contribution < -0.4 is 0 Å². The van der Waals surface area contributed by atoms with E-state index in [-0.39, 0.29) is 10.8 Å². The fourth-order valence-corrected chi connectivity index (χ4v) is 3.81. The molecule has 4 nitrogen and oxygen atoms in total. The molecule has 1 saturated heterocycles. The van der Waals surface area contributed by atoms with Crippen LogP contribution in [0.1, 0.15) is 19.8 Å². The van der Waals surface area contributed by atoms with E-state index in [4.69, 9.17) is 11.6 Å². The van der Waals surface area contributed by atoms with Crippen LogP contribution in [0, 0.1) is 0 Å². The highest BCUT2D eigenvalue weighted by atomic mass is 35.5. The van der Waals surface area contributed by atoms with Gasteiger partial charge in [0.05, 0.1) is 4.90 Å². The molecule has 0 N–H and O–H groups in total. The third-order valence-electron chi connectivity index (χ3n) is 3.25. The van der Waals surface area contributed by atoms with Gasteiger partial charge >= 0.3 is 0 Å². The topological polar surface area (TPSA) is 54.5 Å². The quantitative estimate of drug-likeness (QED) is 0.856. The number of amides is 1. The molecule has 0 aromatic heterocycles. The van der Waals surface area contributed by atoms with Crippen LogP contribution in [0.25, 0.3) is 0 Å². The fraction of sp³-hybridized carbons (Fsp3) is 0.462. The molecule has 1 fully saturated rings. The molecule has 19 heavy (non-hydrogen) atoms. The molecular weight excluding hydrogens is 286 g/mol. The van der Waals surface area contributed by atoms with Gasteiger partial charge in [0.25, 0.3) is 0 Å². The average molecular weight is 302 g/mol. The molecule has 2 rings (SSSR count). The smallest absolute Gasteiger partial charge is 0.222 e. The van der Waals surface area contributed by atoms with Crippen molar-refractivity contribution in [2.24, 2.45) is 0 Å². The zero-order valence-electron chi connectivity index (χ0n) is 10.7. The minimum atomic E-state index is -3.35. The number of hydrogen-bond acceptors (Lipinski definition) is 3. The van der Waals surface area contributed by atoms with Crippen molar-refractivity contribution in [3.8, 4) is 0 Å². The Morgan fingerprint density at radius 3 is 2.42 bits per heavy atom. The van der Waals surface area contributed by atoms with E-state index in [0.717, 1.165) is 6.42 Å². The second kappa shape index (κ2) is 5.51. The molecule has 0 aliphatic carbocycles. The van der Waals surface area contributed by atoms with Crippen LogP contribution in [0.5, 0.6) is 0 Å². The largest absolute Gasteiger partial charge is 0.340 e. The maximum atomic E-state index is 12.3. The van der Waals surface area contributed by atoms with Crippen LogP contribution in [0.15, 0.2) is 29.2 Å². The Morgan fingerprint density at radius 2 is 1.89 bits per heavy atom. The summed E-state index contributed by atoms with van der Waals surface area (Å²) in [6.07, 6.45) is 1.26. The van der Waals surface area contributed by atoms with E-state index in [1.165, 1.54) is 12.1 Å². The third-order valence-corrected chi connectivity index (χ3v) is 5.60. The summed E-state index contributed by atoms with van der Waals surface area (Å²) in [6.45, 7) is 2.52. The molecular formula is C13H16ClNO3S. The molecule has 1 aliphatic heterocycles. The van der Waals surface area contributed by atoms with Gasteiger partial charge in [-0.15, -0.1) is 0 Å². The number of halogens is 1. The first-order chi connectivity index (χ1) is 8.95. The van der Waals surface area contributed by atoms with Crippen LogP contribution in [-0.4, -0.2) is 37.6 Å². The molecule has 0 unspecified atom stereocenters. The maximum Gasteiger partial charge on any atom is 0.222 e. The van der Waals surface area contributed by atoms with Gasteiger partial charge in [-0.1, -0.05) is 18.5 Å². The van der Waals surface area contributed by atoms with Gasteiger partial charge in [-0.05, 0) is 30.7 Å². The number of sulfone groups is 1. The summed E-state index contributed by atoms with van der Waals surface area (Å²) in [5.74, 6) is 0.0325. The Labute approximate surface area is 118 Å². The van der Waals surface area contributed by atoms with E-state index in [0.29, 0.717) is 24.5 Å². The summed E-state index contributed by atoms with van der Waals surface area (Å²) < 4.78 is 24.5. The molecule has 1 aromatic carbocycles. The first-order valence-electron chi connectivity index (χ1n) is 6.22. The summed E-state index contributed by atoms with van der Waals surface area (Å²) in [4.78, 5) is 13.5. The lowest BCUT2D eigenvalue weighted by atomic mass is 10.2. The maximum absolute atomic E-state index is 12.3. The Hall–Kier alpha value is -1.07. The molecule has 104 valence electrons. The lowest BCUT2D eigenvalue weighted by molar-refractivity contribution is -0.134. The minimum Gasteiger partial charge on any atom is -0.340 e. The van der Waals surface area contributed by atoms with Crippen LogP contribution >= 0.6 is 11.6 Å². The minimum absolute atomic E-state index is 0.0325. The summed E-state index contributed by atoms with van der Waals surface area (Å²) in [5.41, 5.74) is 0. The van der Waals surface area contributed by atoms with Crippen molar-refractivity contribution in [3.05, 3.63) is 29.3 Å². The van der Waals surface area contributed by atoms with Crippen LogP contribution in [0.4, 0.5) is 0 Å². The standard InChI is InChI=1S/C13H16ClNO3S/c1-2-3-13(16)15-8-12(9-15)19(17,18)11-6-4-10(14)5-7-11/h4-7,12H,2-3,8-9H2,1H3. The van der Waals surface area contributed by atoms with E-state index in [1.54, 1.807) is 17.0 Å². The van der Waals surface area contributed by atoms with E-state index >= 15 is 0 Å². The van der Waals surface area contributed by atoms with Gasteiger partial charge in [0.2, 0.25) is 5.91 Å². The third kappa shape index (κ3) is 2.92. The highest BCUT2D eigenvalue weighted by molar-refractivity contribution is 7.92. The highest BCUT2D eigenvalue weighted by Crippen LogP contribution is 2.25. The first-order valence-corrected chi connectivity index (χ1v) is 8.15. The Balaban J connectivity index is 2.04. The molecule has 6 heteroatoms. The van der Waals surface area contributed by atoms with Gasteiger partial charge in [-0.2, -0.15) is 0 Å². The van der Waals surface area contributed by atoms with Crippen molar-refractivity contribution in [1.82, 2.24) is 4.90 Å². The molecule has 0 atom stereocenters.